The van der Waals surface area contributed by atoms with E-state index in [1.165, 1.54) is 0 Å². The molecule has 1 unspecified atom stereocenters. The van der Waals surface area contributed by atoms with Crippen molar-refractivity contribution in [2.45, 2.75) is 25.0 Å². The lowest BCUT2D eigenvalue weighted by Gasteiger charge is -2.18. The molecular weight excluding hydrogens is 250 g/mol. The van der Waals surface area contributed by atoms with Crippen LogP contribution in [-0.4, -0.2) is 39.4 Å². The Kier molecular flexibility index (Phi) is 4.14. The summed E-state index contributed by atoms with van der Waals surface area (Å²) in [4.78, 5) is 2.42. The van der Waals surface area contributed by atoms with Crippen molar-refractivity contribution < 1.29 is 5.11 Å². The van der Waals surface area contributed by atoms with E-state index in [1.54, 1.807) is 0 Å². The molecule has 20 heavy (non-hydrogen) atoms. The van der Waals surface area contributed by atoms with Crippen LogP contribution in [0.1, 0.15) is 30.6 Å². The van der Waals surface area contributed by atoms with Gasteiger partial charge in [0, 0.05) is 32.0 Å². The van der Waals surface area contributed by atoms with E-state index >= 15 is 0 Å². The fourth-order valence-corrected chi connectivity index (χ4v) is 2.87. The fraction of sp³-hybridized carbons (Fsp3) is 0.438. The molecule has 4 nitrogen and oxygen atoms in total. The molecule has 3 rings (SSSR count). The average molecular weight is 271 g/mol. The molecule has 1 saturated heterocycles. The van der Waals surface area contributed by atoms with Gasteiger partial charge in [-0.2, -0.15) is 5.10 Å². The zero-order valence-corrected chi connectivity index (χ0v) is 11.6. The van der Waals surface area contributed by atoms with Gasteiger partial charge in [-0.3, -0.25) is 4.68 Å². The highest BCUT2D eigenvalue weighted by Crippen LogP contribution is 2.23. The van der Waals surface area contributed by atoms with Crippen molar-refractivity contribution in [2.24, 2.45) is 0 Å². The van der Waals surface area contributed by atoms with E-state index in [0.29, 0.717) is 6.04 Å². The van der Waals surface area contributed by atoms with E-state index in [-0.39, 0.29) is 6.10 Å². The Hall–Kier alpha value is -1.65. The molecule has 106 valence electrons. The predicted octanol–water partition coefficient (Wildman–Crippen LogP) is 2.25. The van der Waals surface area contributed by atoms with Gasteiger partial charge >= 0.3 is 0 Å². The second-order valence-electron chi connectivity index (χ2n) is 5.44. The molecule has 0 spiro atoms. The number of aliphatic hydroxyl groups is 1. The smallest absolute Gasteiger partial charge is 0.0802 e. The normalized spacial score (nSPS) is 21.1. The molecule has 1 aromatic heterocycles. The highest BCUT2D eigenvalue weighted by molar-refractivity contribution is 5.17. The summed E-state index contributed by atoms with van der Waals surface area (Å²) in [5, 5.41) is 14.5. The van der Waals surface area contributed by atoms with E-state index in [9.17, 15) is 5.11 Å². The number of hydrogen-bond donors (Lipinski definition) is 1. The standard InChI is InChI=1S/C16H21N3O/c20-16(14-5-2-1-3-6-14)8-12-18-11-7-15(13-18)19-10-4-9-17-19/h1-6,9-10,15-16,20H,7-8,11-13H2/t15?,16-/m0/s1. The van der Waals surface area contributed by atoms with Gasteiger partial charge in [0.15, 0.2) is 0 Å². The van der Waals surface area contributed by atoms with E-state index in [4.69, 9.17) is 0 Å². The van der Waals surface area contributed by atoms with Gasteiger partial charge < -0.3 is 10.0 Å². The summed E-state index contributed by atoms with van der Waals surface area (Å²) in [5.41, 5.74) is 1.01. The van der Waals surface area contributed by atoms with Crippen LogP contribution >= 0.6 is 0 Å². The molecule has 0 amide bonds. The molecule has 0 saturated carbocycles. The first-order chi connectivity index (χ1) is 9.83. The van der Waals surface area contributed by atoms with Gasteiger partial charge in [-0.1, -0.05) is 30.3 Å². The van der Waals surface area contributed by atoms with Crippen LogP contribution in [0.15, 0.2) is 48.8 Å². The fourth-order valence-electron chi connectivity index (χ4n) is 2.87. The van der Waals surface area contributed by atoms with Crippen LogP contribution in [0.25, 0.3) is 0 Å². The second kappa shape index (κ2) is 6.20. The SMILES string of the molecule is O[C@@H](CCN1CCC(n2cccn2)C1)c1ccccc1. The first kappa shape index (κ1) is 13.3. The van der Waals surface area contributed by atoms with Crippen molar-refractivity contribution in [1.29, 1.82) is 0 Å². The maximum absolute atomic E-state index is 10.2. The van der Waals surface area contributed by atoms with Crippen LogP contribution in [0, 0.1) is 0 Å². The van der Waals surface area contributed by atoms with Gasteiger partial charge in [-0.15, -0.1) is 0 Å². The number of hydrogen-bond acceptors (Lipinski definition) is 3. The summed E-state index contributed by atoms with van der Waals surface area (Å²) < 4.78 is 2.05. The minimum absolute atomic E-state index is 0.361. The highest BCUT2D eigenvalue weighted by Gasteiger charge is 2.24. The van der Waals surface area contributed by atoms with Crippen molar-refractivity contribution in [3.63, 3.8) is 0 Å². The number of likely N-dealkylation sites (tertiary alicyclic amines) is 1. The molecule has 1 N–H and O–H groups in total. The maximum atomic E-state index is 10.2. The molecular formula is C16H21N3O. The number of aromatic nitrogens is 2. The Bertz CT molecular complexity index is 512. The minimum atomic E-state index is -0.361. The molecule has 2 aromatic rings. The molecule has 1 aliphatic heterocycles. The van der Waals surface area contributed by atoms with Crippen LogP contribution in [-0.2, 0) is 0 Å². The van der Waals surface area contributed by atoms with Crippen molar-refractivity contribution in [2.75, 3.05) is 19.6 Å². The zero-order valence-electron chi connectivity index (χ0n) is 11.6. The van der Waals surface area contributed by atoms with Crippen molar-refractivity contribution >= 4 is 0 Å². The van der Waals surface area contributed by atoms with Gasteiger partial charge in [-0.25, -0.2) is 0 Å². The van der Waals surface area contributed by atoms with Crippen molar-refractivity contribution in [3.8, 4) is 0 Å². The van der Waals surface area contributed by atoms with Crippen LogP contribution in [0.3, 0.4) is 0 Å². The predicted molar refractivity (Wildman–Crippen MR) is 78.3 cm³/mol. The van der Waals surface area contributed by atoms with Gasteiger partial charge in [0.2, 0.25) is 0 Å². The molecule has 0 bridgehead atoms. The van der Waals surface area contributed by atoms with Crippen LogP contribution in [0.5, 0.6) is 0 Å². The van der Waals surface area contributed by atoms with E-state index in [1.807, 2.05) is 53.5 Å². The summed E-state index contributed by atoms with van der Waals surface area (Å²) in [7, 11) is 0. The largest absolute Gasteiger partial charge is 0.388 e. The molecule has 1 fully saturated rings. The van der Waals surface area contributed by atoms with Gasteiger partial charge in [-0.05, 0) is 24.5 Å². The zero-order chi connectivity index (χ0) is 13.8. The molecule has 0 radical (unpaired) electrons. The van der Waals surface area contributed by atoms with Gasteiger partial charge in [0.05, 0.1) is 12.1 Å². The van der Waals surface area contributed by atoms with Crippen LogP contribution in [0.4, 0.5) is 0 Å². The minimum Gasteiger partial charge on any atom is -0.388 e. The number of rotatable bonds is 5. The summed E-state index contributed by atoms with van der Waals surface area (Å²) in [6.07, 6.45) is 5.44. The van der Waals surface area contributed by atoms with E-state index < -0.39 is 0 Å². The summed E-state index contributed by atoms with van der Waals surface area (Å²) >= 11 is 0. The van der Waals surface area contributed by atoms with Crippen LogP contribution in [0.2, 0.25) is 0 Å². The Morgan fingerprint density at radius 2 is 2.10 bits per heavy atom. The maximum Gasteiger partial charge on any atom is 0.0802 e. The van der Waals surface area contributed by atoms with Crippen LogP contribution < -0.4 is 0 Å². The Balaban J connectivity index is 1.48. The number of benzene rings is 1. The lowest BCUT2D eigenvalue weighted by atomic mass is 10.1. The van der Waals surface area contributed by atoms with Crippen molar-refractivity contribution in [1.82, 2.24) is 14.7 Å². The third-order valence-electron chi connectivity index (χ3n) is 4.05. The third-order valence-corrected chi connectivity index (χ3v) is 4.05. The lowest BCUT2D eigenvalue weighted by molar-refractivity contribution is 0.148. The monoisotopic (exact) mass is 271 g/mol. The summed E-state index contributed by atoms with van der Waals surface area (Å²) in [5.74, 6) is 0. The van der Waals surface area contributed by atoms with Gasteiger partial charge in [0.25, 0.3) is 0 Å². The molecule has 1 aromatic carbocycles. The second-order valence-corrected chi connectivity index (χ2v) is 5.44. The van der Waals surface area contributed by atoms with Gasteiger partial charge in [0.1, 0.15) is 0 Å². The topological polar surface area (TPSA) is 41.3 Å². The Morgan fingerprint density at radius 3 is 2.85 bits per heavy atom. The molecule has 2 heterocycles. The molecule has 0 aliphatic carbocycles. The van der Waals surface area contributed by atoms with E-state index in [2.05, 4.69) is 10.00 Å². The summed E-state index contributed by atoms with van der Waals surface area (Å²) in [6.45, 7) is 3.06. The highest BCUT2D eigenvalue weighted by atomic mass is 16.3. The number of nitrogens with zero attached hydrogens (tertiary/aromatic N) is 3. The van der Waals surface area contributed by atoms with Crippen molar-refractivity contribution in [3.05, 3.63) is 54.4 Å². The number of aliphatic hydroxyl groups excluding tert-OH is 1. The molecule has 4 heteroatoms. The average Bonchev–Trinajstić information content (AvgIpc) is 3.16. The quantitative estimate of drug-likeness (QED) is 0.907. The summed E-state index contributed by atoms with van der Waals surface area (Å²) in [6, 6.07) is 12.4. The first-order valence-corrected chi connectivity index (χ1v) is 7.27. The third kappa shape index (κ3) is 3.08. The lowest BCUT2D eigenvalue weighted by Crippen LogP contribution is -2.24. The first-order valence-electron chi connectivity index (χ1n) is 7.27. The molecule has 1 aliphatic rings. The molecule has 2 atom stereocenters. The Labute approximate surface area is 119 Å². The Morgan fingerprint density at radius 1 is 1.25 bits per heavy atom. The van der Waals surface area contributed by atoms with E-state index in [0.717, 1.165) is 38.0 Å².